The zero-order valence-corrected chi connectivity index (χ0v) is 11.8. The Bertz CT molecular complexity index is 673. The first-order chi connectivity index (χ1) is 10.1. The second-order valence-electron chi connectivity index (χ2n) is 4.98. The number of hydrogen-bond acceptors (Lipinski definition) is 5. The number of carbonyl (C=O) groups excluding carboxylic acids is 2. The summed E-state index contributed by atoms with van der Waals surface area (Å²) < 4.78 is 10.0. The van der Waals surface area contributed by atoms with Crippen LogP contribution >= 0.6 is 0 Å². The van der Waals surface area contributed by atoms with E-state index in [2.05, 4.69) is 5.32 Å². The van der Waals surface area contributed by atoms with Gasteiger partial charge in [-0.2, -0.15) is 0 Å². The molecule has 0 radical (unpaired) electrons. The average molecular weight is 285 g/mol. The van der Waals surface area contributed by atoms with E-state index >= 15 is 0 Å². The summed E-state index contributed by atoms with van der Waals surface area (Å²) in [6.45, 7) is 1.95. The van der Waals surface area contributed by atoms with Crippen molar-refractivity contribution in [2.24, 2.45) is 0 Å². The SMILES string of the molecule is COC(=O)C1=C(C)NC2=C(COC2=O)C1c1ccccc1. The molecule has 0 spiro atoms. The van der Waals surface area contributed by atoms with Crippen LogP contribution in [0.25, 0.3) is 0 Å². The fourth-order valence-corrected chi connectivity index (χ4v) is 2.82. The Balaban J connectivity index is 2.16. The van der Waals surface area contributed by atoms with E-state index in [1.54, 1.807) is 6.92 Å². The zero-order valence-electron chi connectivity index (χ0n) is 11.8. The van der Waals surface area contributed by atoms with Gasteiger partial charge in [0, 0.05) is 17.2 Å². The molecule has 21 heavy (non-hydrogen) atoms. The van der Waals surface area contributed by atoms with Crippen LogP contribution in [0.2, 0.25) is 0 Å². The van der Waals surface area contributed by atoms with Crippen LogP contribution in [0.15, 0.2) is 52.9 Å². The molecule has 1 N–H and O–H groups in total. The third kappa shape index (κ3) is 2.11. The molecule has 2 aliphatic rings. The first kappa shape index (κ1) is 13.4. The zero-order chi connectivity index (χ0) is 15.0. The number of hydrogen-bond donors (Lipinski definition) is 1. The van der Waals surface area contributed by atoms with Crippen LogP contribution in [0.4, 0.5) is 0 Å². The largest absolute Gasteiger partial charge is 0.466 e. The lowest BCUT2D eigenvalue weighted by Crippen LogP contribution is -2.30. The Labute approximate surface area is 122 Å². The lowest BCUT2D eigenvalue weighted by atomic mass is 9.81. The van der Waals surface area contributed by atoms with Crippen molar-refractivity contribution in [3.05, 3.63) is 58.4 Å². The van der Waals surface area contributed by atoms with Crippen LogP contribution in [0.5, 0.6) is 0 Å². The van der Waals surface area contributed by atoms with Crippen molar-refractivity contribution in [1.82, 2.24) is 5.32 Å². The molecule has 1 aromatic carbocycles. The topological polar surface area (TPSA) is 64.6 Å². The van der Waals surface area contributed by atoms with E-state index in [9.17, 15) is 9.59 Å². The maximum Gasteiger partial charge on any atom is 0.355 e. The molecule has 0 saturated heterocycles. The third-order valence-electron chi connectivity index (χ3n) is 3.78. The lowest BCUT2D eigenvalue weighted by molar-refractivity contribution is -0.137. The number of benzene rings is 1. The molecule has 0 bridgehead atoms. The third-order valence-corrected chi connectivity index (χ3v) is 3.78. The van der Waals surface area contributed by atoms with E-state index < -0.39 is 5.97 Å². The highest BCUT2D eigenvalue weighted by Crippen LogP contribution is 2.40. The monoisotopic (exact) mass is 285 g/mol. The highest BCUT2D eigenvalue weighted by Gasteiger charge is 2.40. The molecule has 5 heteroatoms. The highest BCUT2D eigenvalue weighted by atomic mass is 16.5. The standard InChI is InChI=1S/C16H15NO4/c1-9-12(15(18)20-2)13(10-6-4-3-5-7-10)11-8-21-16(19)14(11)17-9/h3-7,13,17H,8H2,1-2H3. The van der Waals surface area contributed by atoms with E-state index in [1.807, 2.05) is 30.3 Å². The van der Waals surface area contributed by atoms with Crippen molar-refractivity contribution in [3.8, 4) is 0 Å². The Morgan fingerprint density at radius 3 is 2.71 bits per heavy atom. The van der Waals surface area contributed by atoms with Crippen molar-refractivity contribution in [1.29, 1.82) is 0 Å². The predicted molar refractivity (Wildman–Crippen MR) is 75.0 cm³/mol. The second-order valence-corrected chi connectivity index (χ2v) is 4.98. The van der Waals surface area contributed by atoms with Gasteiger partial charge in [0.15, 0.2) is 0 Å². The minimum atomic E-state index is -0.403. The number of esters is 2. The van der Waals surface area contributed by atoms with E-state index in [-0.39, 0.29) is 18.5 Å². The number of nitrogens with one attached hydrogen (secondary N) is 1. The Kier molecular flexibility index (Phi) is 3.25. The maximum atomic E-state index is 12.2. The first-order valence-electron chi connectivity index (χ1n) is 6.64. The van der Waals surface area contributed by atoms with E-state index in [4.69, 9.17) is 9.47 Å². The molecule has 2 aliphatic heterocycles. The van der Waals surface area contributed by atoms with Crippen molar-refractivity contribution in [2.75, 3.05) is 13.7 Å². The van der Waals surface area contributed by atoms with Crippen molar-refractivity contribution >= 4 is 11.9 Å². The number of allylic oxidation sites excluding steroid dienone is 1. The summed E-state index contributed by atoms with van der Waals surface area (Å²) in [4.78, 5) is 24.0. The van der Waals surface area contributed by atoms with Gasteiger partial charge in [0.05, 0.1) is 12.7 Å². The van der Waals surface area contributed by atoms with Gasteiger partial charge in [0.1, 0.15) is 12.3 Å². The number of ether oxygens (including phenoxy) is 2. The lowest BCUT2D eigenvalue weighted by Gasteiger charge is -2.27. The van der Waals surface area contributed by atoms with Crippen LogP contribution < -0.4 is 5.32 Å². The van der Waals surface area contributed by atoms with Gasteiger partial charge in [-0.15, -0.1) is 0 Å². The molecule has 1 atom stereocenters. The van der Waals surface area contributed by atoms with Crippen molar-refractivity contribution < 1.29 is 19.1 Å². The summed E-state index contributed by atoms with van der Waals surface area (Å²) in [6, 6.07) is 9.57. The maximum absolute atomic E-state index is 12.2. The molecule has 0 aliphatic carbocycles. The van der Waals surface area contributed by atoms with E-state index in [0.717, 1.165) is 11.1 Å². The van der Waals surface area contributed by atoms with Gasteiger partial charge in [0.25, 0.3) is 0 Å². The molecule has 0 saturated carbocycles. The second kappa shape index (κ2) is 5.09. The Morgan fingerprint density at radius 1 is 1.33 bits per heavy atom. The quantitative estimate of drug-likeness (QED) is 0.837. The average Bonchev–Trinajstić information content (AvgIpc) is 2.87. The molecule has 1 aromatic rings. The van der Waals surface area contributed by atoms with Gasteiger partial charge in [-0.05, 0) is 12.5 Å². The molecule has 3 rings (SSSR count). The Hall–Kier alpha value is -2.56. The summed E-state index contributed by atoms with van der Waals surface area (Å²) in [7, 11) is 1.35. The number of dihydropyridines is 1. The van der Waals surface area contributed by atoms with Crippen LogP contribution in [0, 0.1) is 0 Å². The van der Waals surface area contributed by atoms with Gasteiger partial charge >= 0.3 is 11.9 Å². The van der Waals surface area contributed by atoms with Crippen LogP contribution in [0.3, 0.4) is 0 Å². The summed E-state index contributed by atoms with van der Waals surface area (Å²) in [5.41, 5.74) is 3.28. The molecular formula is C16H15NO4. The number of methoxy groups -OCH3 is 1. The Morgan fingerprint density at radius 2 is 2.05 bits per heavy atom. The summed E-state index contributed by atoms with van der Waals surface area (Å²) in [5, 5.41) is 2.98. The predicted octanol–water partition coefficient (Wildman–Crippen LogP) is 1.63. The van der Waals surface area contributed by atoms with Gasteiger partial charge < -0.3 is 14.8 Å². The summed E-state index contributed by atoms with van der Waals surface area (Å²) in [6.07, 6.45) is 0. The summed E-state index contributed by atoms with van der Waals surface area (Å²) >= 11 is 0. The fourth-order valence-electron chi connectivity index (χ4n) is 2.82. The molecule has 2 heterocycles. The molecular weight excluding hydrogens is 270 g/mol. The fraction of sp³-hybridized carbons (Fsp3) is 0.250. The number of carbonyl (C=O) groups is 2. The van der Waals surface area contributed by atoms with E-state index in [0.29, 0.717) is 17.0 Å². The molecule has 108 valence electrons. The first-order valence-corrected chi connectivity index (χ1v) is 6.64. The highest BCUT2D eigenvalue weighted by molar-refractivity contribution is 5.98. The molecule has 0 amide bonds. The van der Waals surface area contributed by atoms with Gasteiger partial charge in [-0.3, -0.25) is 0 Å². The number of rotatable bonds is 2. The summed E-state index contributed by atoms with van der Waals surface area (Å²) in [5.74, 6) is -1.10. The van der Waals surface area contributed by atoms with Crippen LogP contribution in [0.1, 0.15) is 18.4 Å². The molecule has 0 fully saturated rings. The molecule has 5 nitrogen and oxygen atoms in total. The van der Waals surface area contributed by atoms with Gasteiger partial charge in [-0.25, -0.2) is 9.59 Å². The molecule has 1 unspecified atom stereocenters. The molecule has 0 aromatic heterocycles. The normalized spacial score (nSPS) is 20.9. The minimum Gasteiger partial charge on any atom is -0.466 e. The van der Waals surface area contributed by atoms with Crippen molar-refractivity contribution in [2.45, 2.75) is 12.8 Å². The van der Waals surface area contributed by atoms with Crippen LogP contribution in [-0.4, -0.2) is 25.7 Å². The van der Waals surface area contributed by atoms with Gasteiger partial charge in [0.2, 0.25) is 0 Å². The van der Waals surface area contributed by atoms with E-state index in [1.165, 1.54) is 7.11 Å². The minimum absolute atomic E-state index is 0.189. The van der Waals surface area contributed by atoms with Crippen LogP contribution in [-0.2, 0) is 19.1 Å². The van der Waals surface area contributed by atoms with Gasteiger partial charge in [-0.1, -0.05) is 30.3 Å². The van der Waals surface area contributed by atoms with Crippen molar-refractivity contribution in [3.63, 3.8) is 0 Å². The number of cyclic esters (lactones) is 1. The smallest absolute Gasteiger partial charge is 0.355 e.